The lowest BCUT2D eigenvalue weighted by molar-refractivity contribution is 0.350. The van der Waals surface area contributed by atoms with Crippen LogP contribution >= 0.6 is 0 Å². The Hall–Kier alpha value is -11.0. The molecule has 72 heavy (non-hydrogen) atoms. The SMILES string of the molecule is Oc1c(O)c(O)c2c(oc3c(O)c(-c4c5c(O)c(O)c(O)c(O)c5c(-c5c(O)c(O)c6c(O)c(O)c7c(O)c(O)c(O)c8c(O)c(O)c5c6c78)c5c(O)c(O)c(O)c(O)c45)c(O)c(O)c32)c1-c1ccccc1. The molecule has 23 N–H and O–H groups in total. The molecule has 1 heterocycles. The second-order valence-corrected chi connectivity index (χ2v) is 16.5. The molecule has 10 aromatic carbocycles. The van der Waals surface area contributed by atoms with E-state index in [0.29, 0.717) is 0 Å². The Bertz CT molecular complexity index is 4300. The van der Waals surface area contributed by atoms with Gasteiger partial charge in [0.05, 0.1) is 38.1 Å². The van der Waals surface area contributed by atoms with E-state index >= 15 is 0 Å². The highest BCUT2D eigenvalue weighted by Gasteiger charge is 2.41. The molecule has 364 valence electrons. The zero-order valence-corrected chi connectivity index (χ0v) is 35.1. The van der Waals surface area contributed by atoms with E-state index in [1.807, 2.05) is 0 Å². The Kier molecular flexibility index (Phi) is 8.20. The number of hydrogen-bond donors (Lipinski definition) is 23. The molecular weight excluding hydrogens is 961 g/mol. The maximum Gasteiger partial charge on any atom is 0.204 e. The first-order valence-electron chi connectivity index (χ1n) is 20.2. The van der Waals surface area contributed by atoms with Gasteiger partial charge in [0, 0.05) is 54.4 Å². The molecule has 0 spiro atoms. The Morgan fingerprint density at radius 3 is 0.903 bits per heavy atom. The number of aromatic hydroxyl groups is 23. The number of phenols is 23. The van der Waals surface area contributed by atoms with E-state index in [1.54, 1.807) is 6.07 Å². The standard InChI is InChI=1S/C48H28O24/c49-24-7(6-4-2-1-3-5-6)47-22(39(64)41(24)66)23-38(63)35(60)21(40(65)48(23)72-47)11-16-14(27(52)43(68)45(70)29(16)54)10(15-17(11)30(55)46(71)44(69)28(15)53)13-12-8-9-19(32(57)25(12)50)36(61)42(67)37(62)20(9)34(59)33(58)18(8)31(56)26(13)51/h1-5,49-71H. The molecule has 11 rings (SSSR count). The van der Waals surface area contributed by atoms with Gasteiger partial charge in [0.15, 0.2) is 109 Å². The molecule has 0 saturated carbocycles. The van der Waals surface area contributed by atoms with Crippen LogP contribution in [0.3, 0.4) is 0 Å². The number of fused-ring (bicyclic) bond motifs is 5. The molecule has 0 amide bonds. The minimum absolute atomic E-state index is 0.0934. The van der Waals surface area contributed by atoms with Crippen molar-refractivity contribution in [3.63, 3.8) is 0 Å². The molecule has 0 radical (unpaired) electrons. The molecule has 0 fully saturated rings. The van der Waals surface area contributed by atoms with Crippen molar-refractivity contribution >= 4 is 75.8 Å². The molecule has 0 aliphatic heterocycles. The summed E-state index contributed by atoms with van der Waals surface area (Å²) in [5.74, 6) is -34.5. The first kappa shape index (κ1) is 43.5. The van der Waals surface area contributed by atoms with Crippen molar-refractivity contribution in [3.05, 3.63) is 30.3 Å². The van der Waals surface area contributed by atoms with Gasteiger partial charge in [-0.3, -0.25) is 0 Å². The van der Waals surface area contributed by atoms with Crippen LogP contribution in [0, 0.1) is 0 Å². The van der Waals surface area contributed by atoms with Crippen molar-refractivity contribution in [1.82, 2.24) is 0 Å². The molecule has 11 aromatic rings. The van der Waals surface area contributed by atoms with Gasteiger partial charge >= 0.3 is 0 Å². The van der Waals surface area contributed by atoms with Crippen molar-refractivity contribution in [2.24, 2.45) is 0 Å². The second kappa shape index (κ2) is 13.6. The number of benzene rings is 10. The van der Waals surface area contributed by atoms with Crippen LogP contribution in [-0.4, -0.2) is 117 Å². The summed E-state index contributed by atoms with van der Waals surface area (Å²) < 4.78 is 5.94. The number of rotatable bonds is 3. The molecule has 24 heteroatoms. The summed E-state index contributed by atoms with van der Waals surface area (Å²) in [6.45, 7) is 0. The first-order chi connectivity index (χ1) is 33.9. The molecular formula is C48H28O24. The van der Waals surface area contributed by atoms with Gasteiger partial charge in [-0.25, -0.2) is 0 Å². The van der Waals surface area contributed by atoms with Crippen LogP contribution in [0.15, 0.2) is 34.7 Å². The first-order valence-corrected chi connectivity index (χ1v) is 20.2. The highest BCUT2D eigenvalue weighted by atomic mass is 16.4. The lowest BCUT2D eigenvalue weighted by atomic mass is 9.80. The van der Waals surface area contributed by atoms with Gasteiger partial charge in [0.1, 0.15) is 0 Å². The number of furan rings is 1. The van der Waals surface area contributed by atoms with Crippen LogP contribution in [0.2, 0.25) is 0 Å². The maximum absolute atomic E-state index is 12.3. The highest BCUT2D eigenvalue weighted by Crippen LogP contribution is 2.70. The summed E-state index contributed by atoms with van der Waals surface area (Å²) in [6.07, 6.45) is 0. The van der Waals surface area contributed by atoms with Gasteiger partial charge in [-0.1, -0.05) is 30.3 Å². The van der Waals surface area contributed by atoms with E-state index in [2.05, 4.69) is 0 Å². The van der Waals surface area contributed by atoms with Gasteiger partial charge in [-0.2, -0.15) is 0 Å². The largest absolute Gasteiger partial charge is 0.504 e. The van der Waals surface area contributed by atoms with E-state index in [-0.39, 0.29) is 11.1 Å². The van der Waals surface area contributed by atoms with E-state index in [1.165, 1.54) is 24.3 Å². The van der Waals surface area contributed by atoms with Crippen LogP contribution in [0.1, 0.15) is 0 Å². The zero-order chi connectivity index (χ0) is 52.1. The third-order valence-corrected chi connectivity index (χ3v) is 13.1. The fourth-order valence-electron chi connectivity index (χ4n) is 9.95. The fraction of sp³-hybridized carbons (Fsp3) is 0. The van der Waals surface area contributed by atoms with Gasteiger partial charge < -0.3 is 122 Å². The van der Waals surface area contributed by atoms with E-state index in [0.717, 1.165) is 0 Å². The second-order valence-electron chi connectivity index (χ2n) is 16.5. The fourth-order valence-corrected chi connectivity index (χ4v) is 9.95. The van der Waals surface area contributed by atoms with Gasteiger partial charge in [-0.05, 0) is 5.56 Å². The predicted molar refractivity (Wildman–Crippen MR) is 247 cm³/mol. The normalized spacial score (nSPS) is 12.1. The average molecular weight is 989 g/mol. The van der Waals surface area contributed by atoms with Crippen LogP contribution in [-0.2, 0) is 0 Å². The minimum atomic E-state index is -1.69. The monoisotopic (exact) mass is 988 g/mol. The summed E-state index contributed by atoms with van der Waals surface area (Å²) in [5.41, 5.74) is -6.97. The van der Waals surface area contributed by atoms with Crippen LogP contribution in [0.5, 0.6) is 132 Å². The molecule has 0 aliphatic carbocycles. The summed E-state index contributed by atoms with van der Waals surface area (Å²) in [7, 11) is 0. The predicted octanol–water partition coefficient (Wildman–Crippen LogP) is 7.02. The van der Waals surface area contributed by atoms with Gasteiger partial charge in [0.2, 0.25) is 34.5 Å². The summed E-state index contributed by atoms with van der Waals surface area (Å²) in [5, 5.41) is 251. The molecule has 0 aliphatic rings. The lowest BCUT2D eigenvalue weighted by Crippen LogP contribution is -1.98. The molecule has 24 nitrogen and oxygen atoms in total. The zero-order valence-electron chi connectivity index (χ0n) is 35.1. The smallest absolute Gasteiger partial charge is 0.204 e. The summed E-state index contributed by atoms with van der Waals surface area (Å²) in [6, 6.07) is 7.34. The summed E-state index contributed by atoms with van der Waals surface area (Å²) in [4.78, 5) is 0. The Morgan fingerprint density at radius 2 is 0.444 bits per heavy atom. The van der Waals surface area contributed by atoms with Crippen LogP contribution < -0.4 is 0 Å². The number of phenolic OH excluding ortho intramolecular Hbond substituents is 23. The van der Waals surface area contributed by atoms with Gasteiger partial charge in [0.25, 0.3) is 0 Å². The minimum Gasteiger partial charge on any atom is -0.504 e. The van der Waals surface area contributed by atoms with E-state index in [9.17, 15) is 117 Å². The van der Waals surface area contributed by atoms with Crippen molar-refractivity contribution in [2.75, 3.05) is 0 Å². The molecule has 0 unspecified atom stereocenters. The molecule has 0 atom stereocenters. The van der Waals surface area contributed by atoms with Crippen molar-refractivity contribution in [3.8, 4) is 166 Å². The van der Waals surface area contributed by atoms with Crippen molar-refractivity contribution < 1.29 is 122 Å². The summed E-state index contributed by atoms with van der Waals surface area (Å²) >= 11 is 0. The Morgan fingerprint density at radius 1 is 0.181 bits per heavy atom. The van der Waals surface area contributed by atoms with E-state index in [4.69, 9.17) is 4.42 Å². The third-order valence-electron chi connectivity index (χ3n) is 13.1. The lowest BCUT2D eigenvalue weighted by Gasteiger charge is -2.26. The Balaban J connectivity index is 1.44. The maximum atomic E-state index is 12.3. The topological polar surface area (TPSA) is 478 Å². The molecule has 1 aromatic heterocycles. The number of hydrogen-bond acceptors (Lipinski definition) is 24. The quantitative estimate of drug-likeness (QED) is 0.0366. The van der Waals surface area contributed by atoms with Crippen molar-refractivity contribution in [1.29, 1.82) is 0 Å². The van der Waals surface area contributed by atoms with Crippen LogP contribution in [0.4, 0.5) is 0 Å². The van der Waals surface area contributed by atoms with Crippen LogP contribution in [0.25, 0.3) is 109 Å². The molecule has 0 saturated heterocycles. The van der Waals surface area contributed by atoms with Gasteiger partial charge in [-0.15, -0.1) is 0 Å². The van der Waals surface area contributed by atoms with E-state index < -0.39 is 230 Å². The molecule has 0 bridgehead atoms. The third kappa shape index (κ3) is 4.71. The average Bonchev–Trinajstić information content (AvgIpc) is 3.76. The van der Waals surface area contributed by atoms with Crippen molar-refractivity contribution in [2.45, 2.75) is 0 Å². The highest BCUT2D eigenvalue weighted by molar-refractivity contribution is 6.39. The Labute approximate surface area is 392 Å².